The molecule has 2 nitrogen and oxygen atoms in total. The Bertz CT molecular complexity index is 333. The van der Waals surface area contributed by atoms with E-state index in [2.05, 4.69) is 19.9 Å². The third-order valence-corrected chi connectivity index (χ3v) is 3.10. The summed E-state index contributed by atoms with van der Waals surface area (Å²) in [5.74, 6) is 1.46. The maximum Gasteiger partial charge on any atom is 0.122 e. The van der Waals surface area contributed by atoms with E-state index >= 15 is 0 Å². The van der Waals surface area contributed by atoms with Crippen LogP contribution in [0.2, 0.25) is 0 Å². The summed E-state index contributed by atoms with van der Waals surface area (Å²) in [6, 6.07) is 8.02. The van der Waals surface area contributed by atoms with Gasteiger partial charge in [-0.1, -0.05) is 32.0 Å². The largest absolute Gasteiger partial charge is 0.493 e. The summed E-state index contributed by atoms with van der Waals surface area (Å²) < 4.78 is 5.57. The zero-order valence-corrected chi connectivity index (χ0v) is 9.31. The Morgan fingerprint density at radius 1 is 1.33 bits per heavy atom. The molecule has 1 aromatic carbocycles. The number of hydrogen-bond donors (Lipinski definition) is 1. The summed E-state index contributed by atoms with van der Waals surface area (Å²) in [6.07, 6.45) is 0.645. The van der Waals surface area contributed by atoms with Crippen LogP contribution in [0.25, 0.3) is 0 Å². The van der Waals surface area contributed by atoms with E-state index in [1.807, 2.05) is 18.2 Å². The maximum atomic E-state index is 10.1. The molecule has 0 fully saturated rings. The standard InChI is InChI=1S/C13H18O2/c1-9(2)13(14)11-7-8-15-12-6-4-3-5-10(11)12/h3-6,9,11,13-14H,7-8H2,1-2H3. The van der Waals surface area contributed by atoms with Crippen LogP contribution in [0.4, 0.5) is 0 Å². The van der Waals surface area contributed by atoms with Gasteiger partial charge in [-0.25, -0.2) is 0 Å². The first kappa shape index (κ1) is 10.5. The Balaban J connectivity index is 2.29. The van der Waals surface area contributed by atoms with E-state index in [1.165, 1.54) is 0 Å². The fraction of sp³-hybridized carbons (Fsp3) is 0.538. The Hall–Kier alpha value is -1.02. The minimum atomic E-state index is -0.268. The highest BCUT2D eigenvalue weighted by molar-refractivity contribution is 5.38. The highest BCUT2D eigenvalue weighted by Crippen LogP contribution is 2.37. The molecule has 0 saturated heterocycles. The van der Waals surface area contributed by atoms with Crippen LogP contribution in [0.3, 0.4) is 0 Å². The molecule has 0 radical (unpaired) electrons. The van der Waals surface area contributed by atoms with Gasteiger partial charge in [0.05, 0.1) is 12.7 Å². The van der Waals surface area contributed by atoms with E-state index in [0.717, 1.165) is 17.7 Å². The van der Waals surface area contributed by atoms with Gasteiger partial charge in [-0.15, -0.1) is 0 Å². The first-order chi connectivity index (χ1) is 7.20. The summed E-state index contributed by atoms with van der Waals surface area (Å²) >= 11 is 0. The average Bonchev–Trinajstić information content (AvgIpc) is 2.27. The van der Waals surface area contributed by atoms with Crippen molar-refractivity contribution in [3.05, 3.63) is 29.8 Å². The van der Waals surface area contributed by atoms with Crippen molar-refractivity contribution in [2.75, 3.05) is 6.61 Å². The molecule has 0 aliphatic carbocycles. The van der Waals surface area contributed by atoms with Gasteiger partial charge in [0, 0.05) is 5.92 Å². The van der Waals surface area contributed by atoms with Crippen molar-refractivity contribution in [1.29, 1.82) is 0 Å². The van der Waals surface area contributed by atoms with Crippen LogP contribution in [0, 0.1) is 5.92 Å². The predicted molar refractivity (Wildman–Crippen MR) is 60.1 cm³/mol. The maximum absolute atomic E-state index is 10.1. The Morgan fingerprint density at radius 3 is 2.80 bits per heavy atom. The smallest absolute Gasteiger partial charge is 0.122 e. The Morgan fingerprint density at radius 2 is 2.07 bits per heavy atom. The molecule has 82 valence electrons. The number of para-hydroxylation sites is 1. The van der Waals surface area contributed by atoms with Crippen molar-refractivity contribution >= 4 is 0 Å². The highest BCUT2D eigenvalue weighted by atomic mass is 16.5. The summed E-state index contributed by atoms with van der Waals surface area (Å²) in [4.78, 5) is 0. The molecule has 1 heterocycles. The molecule has 15 heavy (non-hydrogen) atoms. The Labute approximate surface area is 90.9 Å². The quantitative estimate of drug-likeness (QED) is 0.805. The van der Waals surface area contributed by atoms with Crippen molar-refractivity contribution in [2.24, 2.45) is 5.92 Å². The molecular formula is C13H18O2. The third-order valence-electron chi connectivity index (χ3n) is 3.10. The van der Waals surface area contributed by atoms with Crippen LogP contribution in [0.15, 0.2) is 24.3 Å². The normalized spacial score (nSPS) is 22.0. The number of hydrogen-bond acceptors (Lipinski definition) is 2. The molecular weight excluding hydrogens is 188 g/mol. The molecule has 2 unspecified atom stereocenters. The fourth-order valence-electron chi connectivity index (χ4n) is 2.19. The van der Waals surface area contributed by atoms with Gasteiger partial charge in [0.25, 0.3) is 0 Å². The van der Waals surface area contributed by atoms with Crippen molar-refractivity contribution in [3.63, 3.8) is 0 Å². The van der Waals surface area contributed by atoms with Gasteiger partial charge in [0.15, 0.2) is 0 Å². The average molecular weight is 206 g/mol. The second kappa shape index (κ2) is 4.23. The van der Waals surface area contributed by atoms with E-state index in [0.29, 0.717) is 12.5 Å². The SMILES string of the molecule is CC(C)C(O)C1CCOc2ccccc21. The van der Waals surface area contributed by atoms with Crippen LogP contribution < -0.4 is 4.74 Å². The van der Waals surface area contributed by atoms with Crippen molar-refractivity contribution in [2.45, 2.75) is 32.3 Å². The molecule has 1 aliphatic rings. The van der Waals surface area contributed by atoms with Crippen LogP contribution in [-0.4, -0.2) is 17.8 Å². The van der Waals surface area contributed by atoms with Gasteiger partial charge < -0.3 is 9.84 Å². The molecule has 2 atom stereocenters. The summed E-state index contributed by atoms with van der Waals surface area (Å²) in [5.41, 5.74) is 1.16. The van der Waals surface area contributed by atoms with Gasteiger partial charge >= 0.3 is 0 Å². The molecule has 0 amide bonds. The molecule has 0 spiro atoms. The van der Waals surface area contributed by atoms with E-state index in [-0.39, 0.29) is 12.0 Å². The van der Waals surface area contributed by atoms with Crippen LogP contribution >= 0.6 is 0 Å². The van der Waals surface area contributed by atoms with Crippen LogP contribution in [0.5, 0.6) is 5.75 Å². The number of rotatable bonds is 2. The van der Waals surface area contributed by atoms with Gasteiger partial charge in [0.1, 0.15) is 5.75 Å². The van der Waals surface area contributed by atoms with E-state index < -0.39 is 0 Å². The van der Waals surface area contributed by atoms with Gasteiger partial charge in [0.2, 0.25) is 0 Å². The Kier molecular flexibility index (Phi) is 2.96. The van der Waals surface area contributed by atoms with Crippen molar-refractivity contribution < 1.29 is 9.84 Å². The number of aliphatic hydroxyl groups is 1. The molecule has 1 N–H and O–H groups in total. The number of fused-ring (bicyclic) bond motifs is 1. The van der Waals surface area contributed by atoms with E-state index in [9.17, 15) is 5.11 Å². The van der Waals surface area contributed by atoms with Gasteiger partial charge in [-0.3, -0.25) is 0 Å². The molecule has 0 aromatic heterocycles. The van der Waals surface area contributed by atoms with Crippen LogP contribution in [-0.2, 0) is 0 Å². The molecule has 0 saturated carbocycles. The lowest BCUT2D eigenvalue weighted by Gasteiger charge is -2.31. The zero-order chi connectivity index (χ0) is 10.8. The van der Waals surface area contributed by atoms with Crippen molar-refractivity contribution in [3.8, 4) is 5.75 Å². The minimum absolute atomic E-state index is 0.231. The fourth-order valence-corrected chi connectivity index (χ4v) is 2.19. The predicted octanol–water partition coefficient (Wildman–Crippen LogP) is 2.57. The second-order valence-electron chi connectivity index (χ2n) is 4.52. The number of aliphatic hydroxyl groups excluding tert-OH is 1. The lowest BCUT2D eigenvalue weighted by molar-refractivity contribution is 0.0772. The zero-order valence-electron chi connectivity index (χ0n) is 9.31. The van der Waals surface area contributed by atoms with Gasteiger partial charge in [-0.2, -0.15) is 0 Å². The molecule has 1 aromatic rings. The third kappa shape index (κ3) is 2.00. The summed E-state index contributed by atoms with van der Waals surface area (Å²) in [7, 11) is 0. The molecule has 2 rings (SSSR count). The molecule has 2 heteroatoms. The van der Waals surface area contributed by atoms with E-state index in [1.54, 1.807) is 0 Å². The summed E-state index contributed by atoms with van der Waals surface area (Å²) in [5, 5.41) is 10.1. The first-order valence-corrected chi connectivity index (χ1v) is 5.60. The van der Waals surface area contributed by atoms with Crippen LogP contribution in [0.1, 0.15) is 31.7 Å². The lowest BCUT2D eigenvalue weighted by Crippen LogP contribution is -2.28. The highest BCUT2D eigenvalue weighted by Gasteiger charge is 2.28. The number of benzene rings is 1. The second-order valence-corrected chi connectivity index (χ2v) is 4.52. The molecule has 0 bridgehead atoms. The number of ether oxygens (including phenoxy) is 1. The monoisotopic (exact) mass is 206 g/mol. The van der Waals surface area contributed by atoms with Crippen molar-refractivity contribution in [1.82, 2.24) is 0 Å². The van der Waals surface area contributed by atoms with E-state index in [4.69, 9.17) is 4.74 Å². The molecule has 1 aliphatic heterocycles. The lowest BCUT2D eigenvalue weighted by atomic mass is 9.83. The topological polar surface area (TPSA) is 29.5 Å². The first-order valence-electron chi connectivity index (χ1n) is 5.60. The minimum Gasteiger partial charge on any atom is -0.493 e. The summed E-state index contributed by atoms with van der Waals surface area (Å²) in [6.45, 7) is 4.83. The van der Waals surface area contributed by atoms with Gasteiger partial charge in [-0.05, 0) is 24.0 Å².